The first-order valence-corrected chi connectivity index (χ1v) is 5.53. The van der Waals surface area contributed by atoms with E-state index in [-0.39, 0.29) is 0 Å². The number of hydrogen-bond donors (Lipinski definition) is 1. The van der Waals surface area contributed by atoms with Crippen LogP contribution in [0.3, 0.4) is 0 Å². The zero-order valence-electron chi connectivity index (χ0n) is 10.2. The molecule has 0 spiro atoms. The number of ether oxygens (including phenoxy) is 1. The van der Waals surface area contributed by atoms with Crippen molar-refractivity contribution in [3.05, 3.63) is 36.2 Å². The highest BCUT2D eigenvalue weighted by Crippen LogP contribution is 2.22. The Bertz CT molecular complexity index is 557. The molecule has 0 amide bonds. The number of hydrogen-bond acceptors (Lipinski definition) is 3. The molecule has 2 aromatic rings. The Morgan fingerprint density at radius 2 is 2.29 bits per heavy atom. The third kappa shape index (κ3) is 2.17. The molecule has 1 heterocycles. The maximum Gasteiger partial charge on any atom is 0.123 e. The minimum absolute atomic E-state index is 0.421. The molecule has 0 fully saturated rings. The van der Waals surface area contributed by atoms with Crippen LogP contribution in [0.4, 0.5) is 0 Å². The molecule has 90 valence electrons. The summed E-state index contributed by atoms with van der Waals surface area (Å²) in [6, 6.07) is 5.85. The number of imidazole rings is 1. The summed E-state index contributed by atoms with van der Waals surface area (Å²) in [5.41, 5.74) is 8.77. The van der Waals surface area contributed by atoms with Crippen LogP contribution in [0.25, 0.3) is 11.0 Å². The van der Waals surface area contributed by atoms with E-state index in [2.05, 4.69) is 16.1 Å². The van der Waals surface area contributed by atoms with E-state index in [1.165, 1.54) is 0 Å². The fourth-order valence-corrected chi connectivity index (χ4v) is 1.89. The molecule has 0 aliphatic rings. The average molecular weight is 231 g/mol. The Morgan fingerprint density at radius 3 is 2.88 bits per heavy atom. The van der Waals surface area contributed by atoms with Crippen molar-refractivity contribution in [2.24, 2.45) is 5.73 Å². The third-order valence-corrected chi connectivity index (χ3v) is 2.65. The van der Waals surface area contributed by atoms with E-state index in [4.69, 9.17) is 10.5 Å². The van der Waals surface area contributed by atoms with E-state index in [1.807, 2.05) is 25.1 Å². The fraction of sp³-hybridized carbons (Fsp3) is 0.308. The molecule has 4 heteroatoms. The van der Waals surface area contributed by atoms with Crippen molar-refractivity contribution in [3.63, 3.8) is 0 Å². The van der Waals surface area contributed by atoms with E-state index in [0.29, 0.717) is 6.54 Å². The number of nitrogens with two attached hydrogens (primary N) is 1. The number of allylic oxidation sites excluding steroid dienone is 1. The largest absolute Gasteiger partial charge is 0.497 e. The van der Waals surface area contributed by atoms with Gasteiger partial charge in [0.25, 0.3) is 0 Å². The molecular formula is C13H17N3O. The standard InChI is InChI=1S/C13H17N3O/c1-9(2)8-16-12-5-4-10(17-3)6-11(12)15-13(16)7-14/h4-6H,1,7-8,14H2,2-3H3. The minimum Gasteiger partial charge on any atom is -0.497 e. The zero-order valence-corrected chi connectivity index (χ0v) is 10.2. The van der Waals surface area contributed by atoms with Gasteiger partial charge in [-0.05, 0) is 19.1 Å². The second kappa shape index (κ2) is 4.59. The summed E-state index contributed by atoms with van der Waals surface area (Å²) in [4.78, 5) is 4.51. The molecule has 0 atom stereocenters. The van der Waals surface area contributed by atoms with Crippen molar-refractivity contribution >= 4 is 11.0 Å². The van der Waals surface area contributed by atoms with Gasteiger partial charge < -0.3 is 15.0 Å². The van der Waals surface area contributed by atoms with Crippen LogP contribution in [0.5, 0.6) is 5.75 Å². The number of fused-ring (bicyclic) bond motifs is 1. The molecule has 0 aliphatic carbocycles. The van der Waals surface area contributed by atoms with Gasteiger partial charge in [0.15, 0.2) is 0 Å². The Kier molecular flexibility index (Phi) is 3.15. The first-order valence-electron chi connectivity index (χ1n) is 5.53. The maximum atomic E-state index is 5.72. The Labute approximate surface area is 101 Å². The van der Waals surface area contributed by atoms with Gasteiger partial charge in [0.1, 0.15) is 11.6 Å². The lowest BCUT2D eigenvalue weighted by molar-refractivity contribution is 0.415. The van der Waals surface area contributed by atoms with Crippen molar-refractivity contribution < 1.29 is 4.74 Å². The second-order valence-electron chi connectivity index (χ2n) is 4.13. The topological polar surface area (TPSA) is 53.1 Å². The molecular weight excluding hydrogens is 214 g/mol. The van der Waals surface area contributed by atoms with Gasteiger partial charge in [-0.25, -0.2) is 4.98 Å². The first kappa shape index (κ1) is 11.7. The summed E-state index contributed by atoms with van der Waals surface area (Å²) in [6.45, 7) is 7.09. The van der Waals surface area contributed by atoms with Crippen molar-refractivity contribution in [1.82, 2.24) is 9.55 Å². The summed E-state index contributed by atoms with van der Waals surface area (Å²) in [5, 5.41) is 0. The van der Waals surface area contributed by atoms with Crippen molar-refractivity contribution in [2.45, 2.75) is 20.0 Å². The van der Waals surface area contributed by atoms with Crippen LogP contribution in [0, 0.1) is 0 Å². The zero-order chi connectivity index (χ0) is 12.4. The molecule has 1 aromatic heterocycles. The monoisotopic (exact) mass is 231 g/mol. The minimum atomic E-state index is 0.421. The molecule has 17 heavy (non-hydrogen) atoms. The molecule has 1 aromatic carbocycles. The number of nitrogens with zero attached hydrogens (tertiary/aromatic N) is 2. The van der Waals surface area contributed by atoms with E-state index < -0.39 is 0 Å². The number of aromatic nitrogens is 2. The van der Waals surface area contributed by atoms with Crippen LogP contribution >= 0.6 is 0 Å². The van der Waals surface area contributed by atoms with Gasteiger partial charge in [-0.3, -0.25) is 0 Å². The fourth-order valence-electron chi connectivity index (χ4n) is 1.89. The van der Waals surface area contributed by atoms with Crippen LogP contribution in [0.2, 0.25) is 0 Å². The van der Waals surface area contributed by atoms with Gasteiger partial charge in [0.05, 0.1) is 24.7 Å². The smallest absolute Gasteiger partial charge is 0.123 e. The average Bonchev–Trinajstić information content (AvgIpc) is 2.65. The van der Waals surface area contributed by atoms with Gasteiger partial charge in [-0.1, -0.05) is 12.2 Å². The van der Waals surface area contributed by atoms with Crippen LogP contribution in [-0.2, 0) is 13.1 Å². The number of rotatable bonds is 4. The van der Waals surface area contributed by atoms with Gasteiger partial charge in [-0.2, -0.15) is 0 Å². The highest BCUT2D eigenvalue weighted by molar-refractivity contribution is 5.78. The molecule has 0 bridgehead atoms. The van der Waals surface area contributed by atoms with Crippen LogP contribution in [0.15, 0.2) is 30.4 Å². The lowest BCUT2D eigenvalue weighted by Gasteiger charge is -2.07. The van der Waals surface area contributed by atoms with Crippen LogP contribution in [0.1, 0.15) is 12.7 Å². The predicted molar refractivity (Wildman–Crippen MR) is 69.0 cm³/mol. The van der Waals surface area contributed by atoms with Gasteiger partial charge in [-0.15, -0.1) is 0 Å². The molecule has 0 saturated heterocycles. The summed E-state index contributed by atoms with van der Waals surface area (Å²) in [7, 11) is 1.65. The molecule has 2 rings (SSSR count). The maximum absolute atomic E-state index is 5.72. The number of methoxy groups -OCH3 is 1. The normalized spacial score (nSPS) is 10.8. The van der Waals surface area contributed by atoms with E-state index >= 15 is 0 Å². The van der Waals surface area contributed by atoms with Crippen LogP contribution < -0.4 is 10.5 Å². The lowest BCUT2D eigenvalue weighted by Crippen LogP contribution is -2.08. The molecule has 0 unspecified atom stereocenters. The van der Waals surface area contributed by atoms with Gasteiger partial charge in [0.2, 0.25) is 0 Å². The lowest BCUT2D eigenvalue weighted by atomic mass is 10.3. The van der Waals surface area contributed by atoms with Crippen molar-refractivity contribution in [3.8, 4) is 5.75 Å². The number of benzene rings is 1. The molecule has 2 N–H and O–H groups in total. The van der Waals surface area contributed by atoms with E-state index in [0.717, 1.165) is 34.7 Å². The quantitative estimate of drug-likeness (QED) is 0.820. The summed E-state index contributed by atoms with van der Waals surface area (Å²) >= 11 is 0. The van der Waals surface area contributed by atoms with E-state index in [9.17, 15) is 0 Å². The molecule has 0 saturated carbocycles. The highest BCUT2D eigenvalue weighted by atomic mass is 16.5. The Morgan fingerprint density at radius 1 is 1.53 bits per heavy atom. The van der Waals surface area contributed by atoms with E-state index in [1.54, 1.807) is 7.11 Å². The Balaban J connectivity index is 2.59. The SMILES string of the molecule is C=C(C)Cn1c(CN)nc2cc(OC)ccc21. The molecule has 0 aliphatic heterocycles. The summed E-state index contributed by atoms with van der Waals surface area (Å²) in [6.07, 6.45) is 0. The third-order valence-electron chi connectivity index (χ3n) is 2.65. The van der Waals surface area contributed by atoms with Crippen molar-refractivity contribution in [2.75, 3.05) is 7.11 Å². The van der Waals surface area contributed by atoms with Gasteiger partial charge in [0, 0.05) is 12.6 Å². The Hall–Kier alpha value is -1.81. The highest BCUT2D eigenvalue weighted by Gasteiger charge is 2.10. The van der Waals surface area contributed by atoms with Crippen molar-refractivity contribution in [1.29, 1.82) is 0 Å². The molecule has 0 radical (unpaired) electrons. The van der Waals surface area contributed by atoms with Crippen LogP contribution in [-0.4, -0.2) is 16.7 Å². The first-order chi connectivity index (χ1) is 8.15. The predicted octanol–water partition coefficient (Wildman–Crippen LogP) is 2.08. The summed E-state index contributed by atoms with van der Waals surface area (Å²) in [5.74, 6) is 1.68. The second-order valence-corrected chi connectivity index (χ2v) is 4.13. The summed E-state index contributed by atoms with van der Waals surface area (Å²) < 4.78 is 7.28. The van der Waals surface area contributed by atoms with Gasteiger partial charge >= 0.3 is 0 Å². The molecule has 4 nitrogen and oxygen atoms in total.